The van der Waals surface area contributed by atoms with E-state index in [0.717, 1.165) is 35.8 Å². The fraction of sp³-hybridized carbons (Fsp3) is 0.250. The number of hydrogen-bond acceptors (Lipinski definition) is 6. The summed E-state index contributed by atoms with van der Waals surface area (Å²) in [5, 5.41) is 7.52. The van der Waals surface area contributed by atoms with E-state index in [9.17, 15) is 4.79 Å². The zero-order valence-electron chi connectivity index (χ0n) is 15.7. The van der Waals surface area contributed by atoms with Crippen molar-refractivity contribution in [3.8, 4) is 0 Å². The summed E-state index contributed by atoms with van der Waals surface area (Å²) in [4.78, 5) is 15.6. The maximum absolute atomic E-state index is 13.3. The predicted molar refractivity (Wildman–Crippen MR) is 113 cm³/mol. The highest BCUT2D eigenvalue weighted by Gasteiger charge is 2.40. The summed E-state index contributed by atoms with van der Waals surface area (Å²) in [5.74, 6) is -0.104. The minimum atomic E-state index is -0.104. The Kier molecular flexibility index (Phi) is 5.44. The quantitative estimate of drug-likeness (QED) is 0.793. The minimum Gasteiger partial charge on any atom is -0.412 e. The smallest absolute Gasteiger partial charge is 0.294 e. The number of anilines is 3. The molecule has 3 aliphatic rings. The van der Waals surface area contributed by atoms with E-state index in [2.05, 4.69) is 15.8 Å². The third kappa shape index (κ3) is 3.57. The molecule has 0 saturated carbocycles. The van der Waals surface area contributed by atoms with E-state index in [0.29, 0.717) is 30.5 Å². The van der Waals surface area contributed by atoms with Gasteiger partial charge in [-0.25, -0.2) is 10.0 Å². The molecule has 3 heterocycles. The van der Waals surface area contributed by atoms with Crippen LogP contribution in [0.15, 0.2) is 59.9 Å². The van der Waals surface area contributed by atoms with Crippen LogP contribution < -0.4 is 20.9 Å². The van der Waals surface area contributed by atoms with Crippen molar-refractivity contribution in [1.29, 1.82) is 0 Å². The summed E-state index contributed by atoms with van der Waals surface area (Å²) in [6.45, 7) is 3.79. The van der Waals surface area contributed by atoms with Crippen LogP contribution in [0.5, 0.6) is 0 Å². The van der Waals surface area contributed by atoms with Gasteiger partial charge in [0.15, 0.2) is 0 Å². The maximum Gasteiger partial charge on any atom is 0.294 e. The summed E-state index contributed by atoms with van der Waals surface area (Å²) in [5.41, 5.74) is 7.34. The Bertz CT molecular complexity index is 943. The zero-order valence-corrected chi connectivity index (χ0v) is 16.4. The van der Waals surface area contributed by atoms with Crippen LogP contribution in [0.1, 0.15) is 0 Å². The van der Waals surface area contributed by atoms with E-state index < -0.39 is 0 Å². The van der Waals surface area contributed by atoms with Crippen molar-refractivity contribution in [3.05, 3.63) is 64.9 Å². The van der Waals surface area contributed by atoms with Crippen LogP contribution in [-0.4, -0.2) is 49.1 Å². The van der Waals surface area contributed by atoms with Gasteiger partial charge in [-0.1, -0.05) is 23.7 Å². The molecule has 0 bridgehead atoms. The van der Waals surface area contributed by atoms with Crippen molar-refractivity contribution in [2.45, 2.75) is 0 Å². The highest BCUT2D eigenvalue weighted by Crippen LogP contribution is 2.38. The van der Waals surface area contributed by atoms with Crippen molar-refractivity contribution in [2.75, 3.05) is 48.2 Å². The average Bonchev–Trinajstić information content (AvgIpc) is 3.07. The van der Waals surface area contributed by atoms with E-state index in [1.807, 2.05) is 41.4 Å². The number of fused-ring (bicyclic) bond motifs is 3. The summed E-state index contributed by atoms with van der Waals surface area (Å²) in [6.07, 6.45) is 0. The zero-order chi connectivity index (χ0) is 19.1. The Morgan fingerprint density at radius 3 is 2.48 bits per heavy atom. The number of carbonyl (C=O) groups excluding carboxylic acids is 1. The first-order valence-electron chi connectivity index (χ1n) is 9.26. The number of halogens is 1. The van der Waals surface area contributed by atoms with Crippen LogP contribution in [0.3, 0.4) is 0 Å². The van der Waals surface area contributed by atoms with Crippen LogP contribution in [0.2, 0.25) is 5.02 Å². The van der Waals surface area contributed by atoms with E-state index in [-0.39, 0.29) is 11.4 Å². The number of carbonyl (C=O) groups is 1. The van der Waals surface area contributed by atoms with Gasteiger partial charge in [-0.05, 0) is 36.4 Å². The van der Waals surface area contributed by atoms with Crippen LogP contribution in [-0.2, 0) is 9.53 Å². The Labute approximate surface area is 173 Å². The molecule has 1 amide bonds. The molecule has 0 unspecified atom stereocenters. The first-order valence-corrected chi connectivity index (χ1v) is 9.64. The van der Waals surface area contributed by atoms with Crippen molar-refractivity contribution >= 4 is 34.6 Å². The Morgan fingerprint density at radius 2 is 1.72 bits per heavy atom. The number of ether oxygens (including phenoxy) is 1. The van der Waals surface area contributed by atoms with E-state index >= 15 is 0 Å². The van der Waals surface area contributed by atoms with Crippen molar-refractivity contribution in [2.24, 2.45) is 0 Å². The summed E-state index contributed by atoms with van der Waals surface area (Å²) >= 11 is 6.01. The summed E-state index contributed by atoms with van der Waals surface area (Å²) in [6, 6.07) is 15.2. The van der Waals surface area contributed by atoms with Crippen molar-refractivity contribution in [1.82, 2.24) is 10.4 Å². The van der Waals surface area contributed by atoms with Gasteiger partial charge in [-0.2, -0.15) is 0 Å². The maximum atomic E-state index is 13.3. The molecule has 2 fully saturated rings. The van der Waals surface area contributed by atoms with E-state index in [4.69, 9.17) is 16.3 Å². The standard InChI is InChI=1S/C20H20ClN5O2.H2O/c21-14-5-7-15(8-6-14)25-20(27)19-17(13-24-9-11-28-12-10-24)22-16-3-1-2-4-18(16)26(19)23-25;/h1-8,22-23H,9-13H2;1H2. The molecule has 29 heavy (non-hydrogen) atoms. The van der Waals surface area contributed by atoms with Crippen LogP contribution >= 0.6 is 11.6 Å². The van der Waals surface area contributed by atoms with Gasteiger partial charge in [0.25, 0.3) is 5.91 Å². The molecular weight excluding hydrogens is 394 g/mol. The molecule has 2 aromatic rings. The molecule has 8 nitrogen and oxygen atoms in total. The fourth-order valence-corrected chi connectivity index (χ4v) is 3.82. The van der Waals surface area contributed by atoms with Gasteiger partial charge in [-0.15, -0.1) is 5.53 Å². The Morgan fingerprint density at radius 1 is 1.00 bits per heavy atom. The first kappa shape index (κ1) is 19.7. The highest BCUT2D eigenvalue weighted by atomic mass is 35.5. The number of rotatable bonds is 3. The number of nitrogens with one attached hydrogen (secondary N) is 2. The fourth-order valence-electron chi connectivity index (χ4n) is 3.69. The van der Waals surface area contributed by atoms with Gasteiger partial charge in [0.1, 0.15) is 5.70 Å². The number of morpholine rings is 1. The molecule has 0 aliphatic carbocycles. The normalized spacial score (nSPS) is 18.9. The first-order chi connectivity index (χ1) is 13.7. The molecule has 0 atom stereocenters. The molecular formula is C20H22ClN5O3. The topological polar surface area (TPSA) is 91.6 Å². The Balaban J connectivity index is 0.00000205. The third-order valence-electron chi connectivity index (χ3n) is 5.12. The minimum absolute atomic E-state index is 0. The molecule has 0 spiro atoms. The number of hydrazine groups is 2. The average molecular weight is 416 g/mol. The van der Waals surface area contributed by atoms with Crippen molar-refractivity contribution in [3.63, 3.8) is 0 Å². The van der Waals surface area contributed by atoms with Crippen molar-refractivity contribution < 1.29 is 15.0 Å². The lowest BCUT2D eigenvalue weighted by atomic mass is 10.1. The number of nitrogens with zero attached hydrogens (tertiary/aromatic N) is 3. The second-order valence-corrected chi connectivity index (χ2v) is 7.35. The summed E-state index contributed by atoms with van der Waals surface area (Å²) in [7, 11) is 0. The number of para-hydroxylation sites is 2. The van der Waals surface area contributed by atoms with Gasteiger partial charge >= 0.3 is 0 Å². The van der Waals surface area contributed by atoms with E-state index in [1.54, 1.807) is 17.1 Å². The monoisotopic (exact) mass is 415 g/mol. The SMILES string of the molecule is O.O=C1C2=C(CN3CCOCC3)Nc3ccccc3N2NN1c1ccc(Cl)cc1. The van der Waals surface area contributed by atoms with E-state index in [1.165, 1.54) is 0 Å². The van der Waals surface area contributed by atoms with Gasteiger partial charge in [0.2, 0.25) is 0 Å². The molecule has 0 aromatic heterocycles. The molecule has 152 valence electrons. The van der Waals surface area contributed by atoms with Crippen LogP contribution in [0.25, 0.3) is 0 Å². The van der Waals surface area contributed by atoms with Gasteiger partial charge in [-0.3, -0.25) is 9.69 Å². The lowest BCUT2D eigenvalue weighted by Crippen LogP contribution is -2.43. The molecule has 9 heteroatoms. The van der Waals surface area contributed by atoms with Crippen LogP contribution in [0, 0.1) is 0 Å². The number of benzene rings is 2. The number of hydrogen-bond donors (Lipinski definition) is 2. The molecule has 0 radical (unpaired) electrons. The van der Waals surface area contributed by atoms with Gasteiger partial charge in [0.05, 0.1) is 36.0 Å². The largest absolute Gasteiger partial charge is 0.412 e. The molecule has 5 rings (SSSR count). The lowest BCUT2D eigenvalue weighted by molar-refractivity contribution is -0.114. The second-order valence-electron chi connectivity index (χ2n) is 6.91. The Hall–Kier alpha value is -2.62. The number of amides is 1. The molecule has 3 aliphatic heterocycles. The predicted octanol–water partition coefficient (Wildman–Crippen LogP) is 1.76. The summed E-state index contributed by atoms with van der Waals surface area (Å²) < 4.78 is 5.45. The van der Waals surface area contributed by atoms with Crippen LogP contribution in [0.4, 0.5) is 17.1 Å². The second kappa shape index (κ2) is 8.02. The lowest BCUT2D eigenvalue weighted by Gasteiger charge is -2.33. The molecule has 2 saturated heterocycles. The molecule has 4 N–H and O–H groups in total. The molecule has 2 aromatic carbocycles. The van der Waals surface area contributed by atoms with Gasteiger partial charge < -0.3 is 15.5 Å². The third-order valence-corrected chi connectivity index (χ3v) is 5.37. The van der Waals surface area contributed by atoms with Gasteiger partial charge in [0, 0.05) is 24.7 Å². The highest BCUT2D eigenvalue weighted by molar-refractivity contribution is 6.30.